The number of aryl methyl sites for hydroxylation is 1. The van der Waals surface area contributed by atoms with Crippen LogP contribution in [-0.4, -0.2) is 42.4 Å². The number of nitrogens with zero attached hydrogens (tertiary/aromatic N) is 2. The number of amides is 4. The monoisotopic (exact) mass is 366 g/mol. The molecule has 2 aromatic carbocycles. The number of benzene rings is 2. The number of carbonyl (C=O) groups is 3. The Kier molecular flexibility index (Phi) is 5.40. The fourth-order valence-corrected chi connectivity index (χ4v) is 2.95. The minimum atomic E-state index is -0.283. The van der Waals surface area contributed by atoms with Crippen LogP contribution in [0.25, 0.3) is 0 Å². The highest BCUT2D eigenvalue weighted by atomic mass is 16.2. The lowest BCUT2D eigenvalue weighted by molar-refractivity contribution is -0.116. The first-order chi connectivity index (χ1) is 12.9. The van der Waals surface area contributed by atoms with Crippen molar-refractivity contribution in [2.24, 2.45) is 0 Å². The van der Waals surface area contributed by atoms with Gasteiger partial charge in [0.2, 0.25) is 11.8 Å². The first-order valence-electron chi connectivity index (χ1n) is 8.73. The zero-order valence-electron chi connectivity index (χ0n) is 15.4. The molecule has 0 unspecified atom stereocenters. The van der Waals surface area contributed by atoms with Crippen LogP contribution < -0.4 is 15.5 Å². The molecule has 0 aliphatic carbocycles. The van der Waals surface area contributed by atoms with Crippen LogP contribution >= 0.6 is 0 Å². The van der Waals surface area contributed by atoms with Crippen molar-refractivity contribution >= 4 is 34.9 Å². The Morgan fingerprint density at radius 1 is 1.00 bits per heavy atom. The topological polar surface area (TPSA) is 81.8 Å². The quantitative estimate of drug-likeness (QED) is 0.854. The van der Waals surface area contributed by atoms with Gasteiger partial charge in [0, 0.05) is 37.1 Å². The van der Waals surface area contributed by atoms with Crippen LogP contribution in [0.2, 0.25) is 0 Å². The molecule has 4 amide bonds. The van der Waals surface area contributed by atoms with Gasteiger partial charge in [-0.2, -0.15) is 0 Å². The zero-order valence-corrected chi connectivity index (χ0v) is 15.4. The van der Waals surface area contributed by atoms with Crippen molar-refractivity contribution in [3.8, 4) is 0 Å². The average molecular weight is 366 g/mol. The second-order valence-electron chi connectivity index (χ2n) is 6.50. The van der Waals surface area contributed by atoms with Gasteiger partial charge in [0.25, 0.3) is 0 Å². The van der Waals surface area contributed by atoms with Gasteiger partial charge in [0.1, 0.15) is 6.54 Å². The van der Waals surface area contributed by atoms with Crippen LogP contribution in [0, 0.1) is 6.92 Å². The molecule has 2 aromatic rings. The lowest BCUT2D eigenvalue weighted by Gasteiger charge is -2.18. The number of urea groups is 1. The summed E-state index contributed by atoms with van der Waals surface area (Å²) in [4.78, 5) is 39.2. The molecule has 27 heavy (non-hydrogen) atoms. The van der Waals surface area contributed by atoms with Gasteiger partial charge in [-0.15, -0.1) is 0 Å². The van der Waals surface area contributed by atoms with E-state index in [-0.39, 0.29) is 24.4 Å². The van der Waals surface area contributed by atoms with Gasteiger partial charge < -0.3 is 15.5 Å². The lowest BCUT2D eigenvalue weighted by Crippen LogP contribution is -2.37. The predicted octanol–water partition coefficient (Wildman–Crippen LogP) is 2.83. The van der Waals surface area contributed by atoms with Crippen molar-refractivity contribution in [2.75, 3.05) is 35.2 Å². The summed E-state index contributed by atoms with van der Waals surface area (Å²) in [5, 5.41) is 5.43. The van der Waals surface area contributed by atoms with Gasteiger partial charge in [-0.3, -0.25) is 14.5 Å². The minimum absolute atomic E-state index is 0.0223. The van der Waals surface area contributed by atoms with Crippen LogP contribution in [0.3, 0.4) is 0 Å². The highest BCUT2D eigenvalue weighted by molar-refractivity contribution is 5.99. The Balaban J connectivity index is 1.59. The summed E-state index contributed by atoms with van der Waals surface area (Å²) < 4.78 is 0. The third kappa shape index (κ3) is 4.63. The third-order valence-electron chi connectivity index (χ3n) is 4.24. The van der Waals surface area contributed by atoms with E-state index in [9.17, 15) is 14.4 Å². The van der Waals surface area contributed by atoms with Gasteiger partial charge in [-0.25, -0.2) is 4.79 Å². The van der Waals surface area contributed by atoms with E-state index in [1.165, 1.54) is 11.8 Å². The van der Waals surface area contributed by atoms with Crippen LogP contribution in [0.1, 0.15) is 12.5 Å². The molecule has 0 saturated carbocycles. The van der Waals surface area contributed by atoms with Crippen LogP contribution in [0.15, 0.2) is 48.5 Å². The molecule has 1 heterocycles. The maximum Gasteiger partial charge on any atom is 0.325 e. The van der Waals surface area contributed by atoms with E-state index in [1.54, 1.807) is 29.2 Å². The molecule has 2 N–H and O–H groups in total. The van der Waals surface area contributed by atoms with Gasteiger partial charge in [0.15, 0.2) is 0 Å². The molecule has 0 aromatic heterocycles. The average Bonchev–Trinajstić information content (AvgIpc) is 2.96. The Morgan fingerprint density at radius 2 is 1.67 bits per heavy atom. The second kappa shape index (κ2) is 7.90. The normalized spacial score (nSPS) is 13.6. The lowest BCUT2D eigenvalue weighted by atomic mass is 10.2. The van der Waals surface area contributed by atoms with Crippen molar-refractivity contribution in [1.82, 2.24) is 4.90 Å². The molecule has 1 saturated heterocycles. The molecule has 0 bridgehead atoms. The summed E-state index contributed by atoms with van der Waals surface area (Å²) in [7, 11) is 0. The van der Waals surface area contributed by atoms with E-state index in [2.05, 4.69) is 10.6 Å². The first-order valence-corrected chi connectivity index (χ1v) is 8.73. The highest BCUT2D eigenvalue weighted by Crippen LogP contribution is 2.21. The fraction of sp³-hybridized carbons (Fsp3) is 0.250. The predicted molar refractivity (Wildman–Crippen MR) is 105 cm³/mol. The maximum atomic E-state index is 12.6. The smallest absolute Gasteiger partial charge is 0.325 e. The molecule has 3 rings (SSSR count). The van der Waals surface area contributed by atoms with E-state index in [1.807, 2.05) is 31.2 Å². The molecule has 1 fully saturated rings. The molecule has 140 valence electrons. The number of hydrogen-bond acceptors (Lipinski definition) is 3. The van der Waals surface area contributed by atoms with Crippen molar-refractivity contribution in [2.45, 2.75) is 13.8 Å². The number of hydrogen-bond donors (Lipinski definition) is 2. The van der Waals surface area contributed by atoms with E-state index in [0.717, 1.165) is 11.3 Å². The van der Waals surface area contributed by atoms with Gasteiger partial charge in [-0.1, -0.05) is 23.8 Å². The summed E-state index contributed by atoms with van der Waals surface area (Å²) in [5.74, 6) is -0.466. The van der Waals surface area contributed by atoms with Crippen molar-refractivity contribution < 1.29 is 14.4 Å². The number of nitrogens with one attached hydrogen (secondary N) is 2. The third-order valence-corrected chi connectivity index (χ3v) is 4.24. The maximum absolute atomic E-state index is 12.6. The summed E-state index contributed by atoms with van der Waals surface area (Å²) in [5.41, 5.74) is 3.12. The number of carbonyl (C=O) groups excluding carboxylic acids is 3. The molecule has 7 nitrogen and oxygen atoms in total. The Labute approximate surface area is 158 Å². The molecule has 0 radical (unpaired) electrons. The Hall–Kier alpha value is -3.35. The number of anilines is 3. The SMILES string of the molecule is CC(=O)Nc1cccc(NC(=O)CN2CCN(c3ccc(C)cc3)C2=O)c1. The summed E-state index contributed by atoms with van der Waals surface area (Å²) in [6, 6.07) is 14.4. The fourth-order valence-electron chi connectivity index (χ4n) is 2.95. The second-order valence-corrected chi connectivity index (χ2v) is 6.50. The molecule has 7 heteroatoms. The number of rotatable bonds is 5. The van der Waals surface area contributed by atoms with Crippen LogP contribution in [0.5, 0.6) is 0 Å². The molecule has 1 aliphatic rings. The zero-order chi connectivity index (χ0) is 19.4. The van der Waals surface area contributed by atoms with Crippen molar-refractivity contribution in [3.05, 3.63) is 54.1 Å². The molecule has 0 spiro atoms. The van der Waals surface area contributed by atoms with Crippen molar-refractivity contribution in [1.29, 1.82) is 0 Å². The van der Waals surface area contributed by atoms with Gasteiger partial charge in [0.05, 0.1) is 0 Å². The van der Waals surface area contributed by atoms with Gasteiger partial charge in [-0.05, 0) is 37.3 Å². The standard InChI is InChI=1S/C20H22N4O3/c1-14-6-8-18(9-7-14)24-11-10-23(20(24)27)13-19(26)22-17-5-3-4-16(12-17)21-15(2)25/h3-9,12H,10-11,13H2,1-2H3,(H,21,25)(H,22,26). The van der Waals surface area contributed by atoms with Crippen LogP contribution in [0.4, 0.5) is 21.9 Å². The van der Waals surface area contributed by atoms with Crippen LogP contribution in [-0.2, 0) is 9.59 Å². The van der Waals surface area contributed by atoms with E-state index in [4.69, 9.17) is 0 Å². The Morgan fingerprint density at radius 3 is 2.33 bits per heavy atom. The van der Waals surface area contributed by atoms with E-state index < -0.39 is 0 Å². The molecule has 1 aliphatic heterocycles. The molecular formula is C20H22N4O3. The summed E-state index contributed by atoms with van der Waals surface area (Å²) >= 11 is 0. The summed E-state index contributed by atoms with van der Waals surface area (Å²) in [6.45, 7) is 4.43. The van der Waals surface area contributed by atoms with Gasteiger partial charge >= 0.3 is 6.03 Å². The van der Waals surface area contributed by atoms with Crippen molar-refractivity contribution in [3.63, 3.8) is 0 Å². The summed E-state index contributed by atoms with van der Waals surface area (Å²) in [6.07, 6.45) is 0. The highest BCUT2D eigenvalue weighted by Gasteiger charge is 2.30. The van der Waals surface area contributed by atoms with E-state index in [0.29, 0.717) is 24.5 Å². The first kappa shape index (κ1) is 18.4. The Bertz CT molecular complexity index is 864. The minimum Gasteiger partial charge on any atom is -0.326 e. The molecule has 0 atom stereocenters. The molecular weight excluding hydrogens is 344 g/mol. The van der Waals surface area contributed by atoms with E-state index >= 15 is 0 Å². The largest absolute Gasteiger partial charge is 0.326 e.